The number of alkyl halides is 6. The van der Waals surface area contributed by atoms with E-state index in [1.54, 1.807) is 6.92 Å². The standard InChI is InChI=1S/C32H27F7O6S/c1-22-11-13-29(14-12-22)46(40,41)45-21-30(20-44-28-10-4-7-25(33)17-28,18-42-26-8-2-5-23(15-26)31(34,35)36)19-43-27-9-3-6-24(16-27)32(37,38)39/h2-17H,18-21H2,1H3. The summed E-state index contributed by atoms with van der Waals surface area (Å²) in [5.41, 5.74) is -3.00. The molecule has 0 spiro atoms. The van der Waals surface area contributed by atoms with Gasteiger partial charge in [0.05, 0.1) is 28.0 Å². The van der Waals surface area contributed by atoms with Crippen LogP contribution >= 0.6 is 0 Å². The predicted octanol–water partition coefficient (Wildman–Crippen LogP) is 8.10. The maximum atomic E-state index is 13.9. The molecule has 0 saturated heterocycles. The molecule has 0 aliphatic heterocycles. The predicted molar refractivity (Wildman–Crippen MR) is 153 cm³/mol. The van der Waals surface area contributed by atoms with Gasteiger partial charge in [-0.25, -0.2) is 4.39 Å². The molecule has 0 aliphatic carbocycles. The molecular weight excluding hydrogens is 645 g/mol. The molecule has 0 aromatic heterocycles. The van der Waals surface area contributed by atoms with Crippen LogP contribution in [-0.4, -0.2) is 34.8 Å². The van der Waals surface area contributed by atoms with Gasteiger partial charge >= 0.3 is 12.4 Å². The Morgan fingerprint density at radius 2 is 1.02 bits per heavy atom. The van der Waals surface area contributed by atoms with Crippen molar-refractivity contribution in [3.05, 3.63) is 120 Å². The van der Waals surface area contributed by atoms with Crippen LogP contribution < -0.4 is 14.2 Å². The fourth-order valence-electron chi connectivity index (χ4n) is 4.02. The topological polar surface area (TPSA) is 71.1 Å². The first-order valence-corrected chi connectivity index (χ1v) is 14.9. The van der Waals surface area contributed by atoms with Crippen molar-refractivity contribution in [1.82, 2.24) is 0 Å². The Bertz CT molecular complexity index is 1660. The summed E-state index contributed by atoms with van der Waals surface area (Å²) in [5.74, 6) is -1.19. The lowest BCUT2D eigenvalue weighted by Crippen LogP contribution is -2.45. The lowest BCUT2D eigenvalue weighted by atomic mass is 9.92. The van der Waals surface area contributed by atoms with Crippen molar-refractivity contribution in [3.8, 4) is 17.2 Å². The van der Waals surface area contributed by atoms with Gasteiger partial charge in [0.1, 0.15) is 42.9 Å². The molecule has 0 unspecified atom stereocenters. The van der Waals surface area contributed by atoms with E-state index in [4.69, 9.17) is 18.4 Å². The highest BCUT2D eigenvalue weighted by Gasteiger charge is 2.38. The summed E-state index contributed by atoms with van der Waals surface area (Å²) in [5, 5.41) is 0. The first-order chi connectivity index (χ1) is 21.5. The third kappa shape index (κ3) is 9.60. The molecule has 0 N–H and O–H groups in total. The third-order valence-corrected chi connectivity index (χ3v) is 7.86. The van der Waals surface area contributed by atoms with E-state index >= 15 is 0 Å². The molecule has 0 bridgehead atoms. The Morgan fingerprint density at radius 1 is 0.587 bits per heavy atom. The lowest BCUT2D eigenvalue weighted by Gasteiger charge is -2.33. The molecule has 0 heterocycles. The minimum absolute atomic E-state index is 0.0103. The second kappa shape index (κ2) is 14.0. The molecule has 6 nitrogen and oxygen atoms in total. The highest BCUT2D eigenvalue weighted by molar-refractivity contribution is 7.86. The summed E-state index contributed by atoms with van der Waals surface area (Å²) in [6.07, 6.45) is -9.40. The summed E-state index contributed by atoms with van der Waals surface area (Å²) >= 11 is 0. The van der Waals surface area contributed by atoms with Crippen molar-refractivity contribution in [2.24, 2.45) is 5.41 Å². The number of halogens is 7. The maximum absolute atomic E-state index is 13.9. The zero-order chi connectivity index (χ0) is 33.6. The van der Waals surface area contributed by atoms with Crippen molar-refractivity contribution in [3.63, 3.8) is 0 Å². The van der Waals surface area contributed by atoms with Crippen LogP contribution in [0.2, 0.25) is 0 Å². The molecule has 246 valence electrons. The molecule has 0 fully saturated rings. The molecule has 0 amide bonds. The van der Waals surface area contributed by atoms with Gasteiger partial charge in [0.25, 0.3) is 10.1 Å². The summed E-state index contributed by atoms with van der Waals surface area (Å²) in [6, 6.07) is 18.3. The van der Waals surface area contributed by atoms with Crippen LogP contribution in [0.3, 0.4) is 0 Å². The highest BCUT2D eigenvalue weighted by Crippen LogP contribution is 2.34. The average molecular weight is 673 g/mol. The molecule has 46 heavy (non-hydrogen) atoms. The van der Waals surface area contributed by atoms with Gasteiger partial charge in [0.15, 0.2) is 0 Å². The summed E-state index contributed by atoms with van der Waals surface area (Å²) in [6.45, 7) is -0.769. The second-order valence-corrected chi connectivity index (χ2v) is 12.0. The van der Waals surface area contributed by atoms with E-state index in [9.17, 15) is 39.2 Å². The molecule has 4 rings (SSSR count). The molecule has 4 aromatic carbocycles. The first-order valence-electron chi connectivity index (χ1n) is 13.5. The SMILES string of the molecule is Cc1ccc(S(=O)(=O)OCC(COc2cccc(F)c2)(COc2cccc(C(F)(F)F)c2)COc2cccc(C(F)(F)F)c2)cc1. The van der Waals surface area contributed by atoms with E-state index < -0.39 is 71.3 Å². The van der Waals surface area contributed by atoms with E-state index in [0.29, 0.717) is 0 Å². The summed E-state index contributed by atoms with van der Waals surface area (Å²) in [4.78, 5) is -0.212. The van der Waals surface area contributed by atoms with Crippen molar-refractivity contribution < 1.29 is 57.5 Å². The highest BCUT2D eigenvalue weighted by atomic mass is 32.2. The maximum Gasteiger partial charge on any atom is 0.416 e. The monoisotopic (exact) mass is 672 g/mol. The van der Waals surface area contributed by atoms with E-state index in [2.05, 4.69) is 0 Å². The fraction of sp³-hybridized carbons (Fsp3) is 0.250. The van der Waals surface area contributed by atoms with Gasteiger partial charge in [-0.05, 0) is 67.6 Å². The molecule has 14 heteroatoms. The number of rotatable bonds is 13. The number of ether oxygens (including phenoxy) is 3. The molecule has 0 radical (unpaired) electrons. The Kier molecular flexibility index (Phi) is 10.5. The van der Waals surface area contributed by atoms with Crippen molar-refractivity contribution in [1.29, 1.82) is 0 Å². The molecule has 0 saturated carbocycles. The zero-order valence-corrected chi connectivity index (χ0v) is 24.9. The van der Waals surface area contributed by atoms with E-state index in [0.717, 1.165) is 54.1 Å². The van der Waals surface area contributed by atoms with E-state index in [-0.39, 0.29) is 22.1 Å². The van der Waals surface area contributed by atoms with Crippen molar-refractivity contribution >= 4 is 10.1 Å². The van der Waals surface area contributed by atoms with Crippen LogP contribution in [-0.2, 0) is 26.7 Å². The van der Waals surface area contributed by atoms with Crippen LogP contribution in [0.4, 0.5) is 30.7 Å². The van der Waals surface area contributed by atoms with Gasteiger partial charge in [-0.1, -0.05) is 35.9 Å². The molecule has 0 aliphatic rings. The minimum Gasteiger partial charge on any atom is -0.493 e. The van der Waals surface area contributed by atoms with Crippen LogP contribution in [0, 0.1) is 18.2 Å². The average Bonchev–Trinajstić information content (AvgIpc) is 3.00. The fourth-order valence-corrected chi connectivity index (χ4v) is 5.03. The van der Waals surface area contributed by atoms with E-state index in [1.807, 2.05) is 0 Å². The van der Waals surface area contributed by atoms with Gasteiger partial charge in [-0.3, -0.25) is 4.18 Å². The van der Waals surface area contributed by atoms with Crippen molar-refractivity contribution in [2.75, 3.05) is 26.4 Å². The largest absolute Gasteiger partial charge is 0.493 e. The van der Waals surface area contributed by atoms with Crippen LogP contribution in [0.25, 0.3) is 0 Å². The Morgan fingerprint density at radius 3 is 1.46 bits per heavy atom. The van der Waals surface area contributed by atoms with Gasteiger partial charge in [-0.15, -0.1) is 0 Å². The lowest BCUT2D eigenvalue weighted by molar-refractivity contribution is -0.138. The molecular formula is C32H27F7O6S. The summed E-state index contributed by atoms with van der Waals surface area (Å²) in [7, 11) is -4.44. The smallest absolute Gasteiger partial charge is 0.416 e. The second-order valence-electron chi connectivity index (χ2n) is 10.4. The molecule has 0 atom stereocenters. The van der Waals surface area contributed by atoms with Crippen LogP contribution in [0.15, 0.2) is 102 Å². The van der Waals surface area contributed by atoms with Gasteiger partial charge < -0.3 is 14.2 Å². The zero-order valence-electron chi connectivity index (χ0n) is 24.1. The number of hydrogen-bond acceptors (Lipinski definition) is 6. The number of aryl methyl sites for hydroxylation is 1. The number of benzene rings is 4. The molecule has 4 aromatic rings. The quantitative estimate of drug-likeness (QED) is 0.106. The van der Waals surface area contributed by atoms with Crippen LogP contribution in [0.5, 0.6) is 17.2 Å². The minimum atomic E-state index is -4.70. The van der Waals surface area contributed by atoms with Gasteiger partial charge in [0.2, 0.25) is 0 Å². The van der Waals surface area contributed by atoms with Crippen molar-refractivity contribution in [2.45, 2.75) is 24.2 Å². The van der Waals surface area contributed by atoms with Crippen LogP contribution in [0.1, 0.15) is 16.7 Å². The Labute approximate surface area is 260 Å². The van der Waals surface area contributed by atoms with E-state index in [1.165, 1.54) is 48.5 Å². The number of hydrogen-bond donors (Lipinski definition) is 0. The third-order valence-electron chi connectivity index (χ3n) is 6.58. The van der Waals surface area contributed by atoms with Gasteiger partial charge in [-0.2, -0.15) is 34.8 Å². The Balaban J connectivity index is 1.70. The normalized spacial score (nSPS) is 12.5. The van der Waals surface area contributed by atoms with Gasteiger partial charge in [0, 0.05) is 6.07 Å². The summed E-state index contributed by atoms with van der Waals surface area (Å²) < 4.78 is 143. The first kappa shape index (κ1) is 34.6. The Hall–Kier alpha value is -4.30.